The van der Waals surface area contributed by atoms with E-state index >= 15 is 0 Å². The van der Waals surface area contributed by atoms with E-state index in [0.717, 1.165) is 0 Å². The summed E-state index contributed by atoms with van der Waals surface area (Å²) in [5, 5.41) is 9.85. The van der Waals surface area contributed by atoms with Gasteiger partial charge in [0.15, 0.2) is 0 Å². The van der Waals surface area contributed by atoms with Gasteiger partial charge in [-0.2, -0.15) is 0 Å². The summed E-state index contributed by atoms with van der Waals surface area (Å²) in [5.74, 6) is -0.362. The smallest absolute Gasteiger partial charge is 0.320 e. The standard InChI is InChI=1S/C12H15Cl2NO3.ClH/c1-8(12(16)17)15(2)5-6-18-11-7-9(13)3-4-10(11)14;/h3-4,7-8H,5-6H2,1-2H3,(H,16,17);1H. The Kier molecular flexibility index (Phi) is 8.18. The van der Waals surface area contributed by atoms with E-state index in [2.05, 4.69) is 0 Å². The largest absolute Gasteiger partial charge is 0.491 e. The quantitative estimate of drug-likeness (QED) is 0.871. The van der Waals surface area contributed by atoms with Crippen LogP contribution in [0.25, 0.3) is 0 Å². The molecule has 1 rings (SSSR count). The van der Waals surface area contributed by atoms with Crippen LogP contribution in [0.5, 0.6) is 5.75 Å². The van der Waals surface area contributed by atoms with Gasteiger partial charge in [0.1, 0.15) is 18.4 Å². The van der Waals surface area contributed by atoms with Crippen LogP contribution in [0.3, 0.4) is 0 Å². The first-order chi connectivity index (χ1) is 8.41. The van der Waals surface area contributed by atoms with Crippen molar-refractivity contribution in [3.63, 3.8) is 0 Å². The van der Waals surface area contributed by atoms with Crippen molar-refractivity contribution in [2.45, 2.75) is 13.0 Å². The van der Waals surface area contributed by atoms with Gasteiger partial charge in [-0.15, -0.1) is 12.4 Å². The summed E-state index contributed by atoms with van der Waals surface area (Å²) in [5.41, 5.74) is 0. The molecule has 0 heterocycles. The molecule has 7 heteroatoms. The van der Waals surface area contributed by atoms with Gasteiger partial charge in [-0.25, -0.2) is 0 Å². The Hall–Kier alpha value is -0.680. The fourth-order valence-corrected chi connectivity index (χ4v) is 1.60. The van der Waals surface area contributed by atoms with E-state index in [-0.39, 0.29) is 12.4 Å². The number of aliphatic carboxylic acids is 1. The lowest BCUT2D eigenvalue weighted by molar-refractivity contribution is -0.142. The fourth-order valence-electron chi connectivity index (χ4n) is 1.27. The fraction of sp³-hybridized carbons (Fsp3) is 0.417. The summed E-state index contributed by atoms with van der Waals surface area (Å²) in [7, 11) is 1.72. The van der Waals surface area contributed by atoms with E-state index in [1.807, 2.05) is 0 Å². The minimum Gasteiger partial charge on any atom is -0.491 e. The van der Waals surface area contributed by atoms with Crippen molar-refractivity contribution in [3.8, 4) is 5.75 Å². The van der Waals surface area contributed by atoms with Crippen molar-refractivity contribution in [1.29, 1.82) is 0 Å². The number of carboxylic acid groups (broad SMARTS) is 1. The third kappa shape index (κ3) is 5.87. The number of benzene rings is 1. The first-order valence-corrected chi connectivity index (χ1v) is 6.18. The van der Waals surface area contributed by atoms with Crippen LogP contribution in [0.1, 0.15) is 6.92 Å². The van der Waals surface area contributed by atoms with Crippen LogP contribution in [0, 0.1) is 0 Å². The van der Waals surface area contributed by atoms with Crippen molar-refractivity contribution >= 4 is 41.6 Å². The van der Waals surface area contributed by atoms with Crippen molar-refractivity contribution in [3.05, 3.63) is 28.2 Å². The first-order valence-electron chi connectivity index (χ1n) is 5.42. The van der Waals surface area contributed by atoms with E-state index in [4.69, 9.17) is 33.0 Å². The number of nitrogens with zero attached hydrogens (tertiary/aromatic N) is 1. The van der Waals surface area contributed by atoms with Gasteiger partial charge in [-0.05, 0) is 26.1 Å². The second-order valence-corrected chi connectivity index (χ2v) is 4.76. The van der Waals surface area contributed by atoms with Gasteiger partial charge >= 0.3 is 5.97 Å². The van der Waals surface area contributed by atoms with Crippen molar-refractivity contribution < 1.29 is 14.6 Å². The third-order valence-electron chi connectivity index (χ3n) is 2.61. The van der Waals surface area contributed by atoms with E-state index in [1.165, 1.54) is 0 Å². The lowest BCUT2D eigenvalue weighted by atomic mass is 10.3. The number of rotatable bonds is 6. The molecule has 1 aromatic rings. The molecule has 0 bridgehead atoms. The molecule has 0 saturated carbocycles. The minimum atomic E-state index is -0.863. The number of ether oxygens (including phenoxy) is 1. The third-order valence-corrected chi connectivity index (χ3v) is 3.16. The molecule has 1 aromatic carbocycles. The predicted octanol–water partition coefficient (Wildman–Crippen LogP) is 3.20. The van der Waals surface area contributed by atoms with Gasteiger partial charge in [0.05, 0.1) is 5.02 Å². The van der Waals surface area contributed by atoms with Crippen molar-refractivity contribution in [1.82, 2.24) is 4.90 Å². The molecule has 0 aliphatic rings. The Bertz CT molecular complexity index is 429. The maximum Gasteiger partial charge on any atom is 0.320 e. The highest BCUT2D eigenvalue weighted by Crippen LogP contribution is 2.27. The molecule has 0 aliphatic heterocycles. The molecule has 1 unspecified atom stereocenters. The van der Waals surface area contributed by atoms with Gasteiger partial charge in [0.2, 0.25) is 0 Å². The summed E-state index contributed by atoms with van der Waals surface area (Å²) in [6.45, 7) is 2.44. The highest BCUT2D eigenvalue weighted by atomic mass is 35.5. The Morgan fingerprint density at radius 2 is 2.11 bits per heavy atom. The summed E-state index contributed by atoms with van der Waals surface area (Å²) in [6, 6.07) is 4.41. The Morgan fingerprint density at radius 1 is 1.47 bits per heavy atom. The highest BCUT2D eigenvalue weighted by Gasteiger charge is 2.16. The topological polar surface area (TPSA) is 49.8 Å². The molecule has 4 nitrogen and oxygen atoms in total. The minimum absolute atomic E-state index is 0. The average molecular weight is 329 g/mol. The van der Waals surface area contributed by atoms with E-state index in [9.17, 15) is 4.79 Å². The Labute approximate surface area is 128 Å². The molecule has 1 atom stereocenters. The molecular weight excluding hydrogens is 312 g/mol. The maximum absolute atomic E-state index is 10.8. The van der Waals surface area contributed by atoms with Gasteiger partial charge < -0.3 is 9.84 Å². The molecular formula is C12H16Cl3NO3. The van der Waals surface area contributed by atoms with Crippen LogP contribution >= 0.6 is 35.6 Å². The van der Waals surface area contributed by atoms with Crippen LogP contribution in [0.4, 0.5) is 0 Å². The zero-order valence-corrected chi connectivity index (χ0v) is 12.9. The molecule has 0 fully saturated rings. The molecule has 0 radical (unpaired) electrons. The average Bonchev–Trinajstić information content (AvgIpc) is 2.32. The highest BCUT2D eigenvalue weighted by molar-refractivity contribution is 6.34. The second-order valence-electron chi connectivity index (χ2n) is 3.92. The number of carbonyl (C=O) groups is 1. The molecule has 0 aliphatic carbocycles. The van der Waals surface area contributed by atoms with E-state index in [1.54, 1.807) is 37.1 Å². The lowest BCUT2D eigenvalue weighted by Crippen LogP contribution is -2.38. The molecule has 0 amide bonds. The van der Waals surface area contributed by atoms with Crippen LogP contribution in [-0.2, 0) is 4.79 Å². The van der Waals surface area contributed by atoms with Crippen LogP contribution in [-0.4, -0.2) is 42.2 Å². The van der Waals surface area contributed by atoms with Gasteiger partial charge in [0.25, 0.3) is 0 Å². The summed E-state index contributed by atoms with van der Waals surface area (Å²) in [4.78, 5) is 12.4. The van der Waals surface area contributed by atoms with Gasteiger partial charge in [0, 0.05) is 17.6 Å². The molecule has 0 saturated heterocycles. The number of halogens is 3. The number of hydrogen-bond acceptors (Lipinski definition) is 3. The Balaban J connectivity index is 0.00000324. The molecule has 108 valence electrons. The van der Waals surface area contributed by atoms with Crippen LogP contribution in [0.2, 0.25) is 10.0 Å². The van der Waals surface area contributed by atoms with E-state index in [0.29, 0.717) is 28.9 Å². The van der Waals surface area contributed by atoms with Crippen LogP contribution in [0.15, 0.2) is 18.2 Å². The first kappa shape index (κ1) is 18.3. The molecule has 1 N–H and O–H groups in total. The van der Waals surface area contributed by atoms with E-state index < -0.39 is 12.0 Å². The lowest BCUT2D eigenvalue weighted by Gasteiger charge is -2.21. The number of carboxylic acids is 1. The van der Waals surface area contributed by atoms with Crippen molar-refractivity contribution in [2.75, 3.05) is 20.2 Å². The molecule has 0 spiro atoms. The van der Waals surface area contributed by atoms with Crippen LogP contribution < -0.4 is 4.74 Å². The Morgan fingerprint density at radius 3 is 2.68 bits per heavy atom. The van der Waals surface area contributed by atoms with Gasteiger partial charge in [-0.3, -0.25) is 9.69 Å². The number of hydrogen-bond donors (Lipinski definition) is 1. The maximum atomic E-state index is 10.8. The predicted molar refractivity (Wildman–Crippen MR) is 78.9 cm³/mol. The number of likely N-dealkylation sites (N-methyl/N-ethyl adjacent to an activating group) is 1. The zero-order valence-electron chi connectivity index (χ0n) is 10.6. The van der Waals surface area contributed by atoms with Crippen molar-refractivity contribution in [2.24, 2.45) is 0 Å². The van der Waals surface area contributed by atoms with Gasteiger partial charge in [-0.1, -0.05) is 23.2 Å². The summed E-state index contributed by atoms with van der Waals surface area (Å²) < 4.78 is 5.47. The second kappa shape index (κ2) is 8.48. The zero-order chi connectivity index (χ0) is 13.7. The molecule has 0 aromatic heterocycles. The summed E-state index contributed by atoms with van der Waals surface area (Å²) in [6.07, 6.45) is 0. The summed E-state index contributed by atoms with van der Waals surface area (Å²) >= 11 is 11.8. The normalized spacial score (nSPS) is 11.8. The monoisotopic (exact) mass is 327 g/mol. The molecule has 19 heavy (non-hydrogen) atoms. The SMILES string of the molecule is CC(C(=O)O)N(C)CCOc1cc(Cl)ccc1Cl.Cl.